The maximum absolute atomic E-state index is 4.35. The third kappa shape index (κ3) is 2.45. The molecule has 1 saturated heterocycles. The molecule has 1 aromatic heterocycles. The largest absolute Gasteiger partial charge is 0.352 e. The summed E-state index contributed by atoms with van der Waals surface area (Å²) >= 11 is 0. The van der Waals surface area contributed by atoms with Gasteiger partial charge in [0, 0.05) is 25.2 Å². The molecule has 4 nitrogen and oxygen atoms in total. The number of aromatic nitrogens is 2. The van der Waals surface area contributed by atoms with Crippen LogP contribution >= 0.6 is 0 Å². The number of nitrogens with zero attached hydrogens (tertiary/aromatic N) is 3. The Bertz CT molecular complexity index is 314. The van der Waals surface area contributed by atoms with E-state index in [1.807, 2.05) is 19.3 Å². The molecule has 0 radical (unpaired) electrons. The Morgan fingerprint density at radius 2 is 2.07 bits per heavy atom. The summed E-state index contributed by atoms with van der Waals surface area (Å²) in [5.41, 5.74) is 0.969. The fourth-order valence-corrected chi connectivity index (χ4v) is 1.79. The summed E-state index contributed by atoms with van der Waals surface area (Å²) in [7, 11) is 0. The molecule has 15 heavy (non-hydrogen) atoms. The molecular formula is C11H18N4. The van der Waals surface area contributed by atoms with Gasteiger partial charge in [-0.15, -0.1) is 0 Å². The van der Waals surface area contributed by atoms with Gasteiger partial charge in [-0.25, -0.2) is 4.98 Å². The van der Waals surface area contributed by atoms with Gasteiger partial charge >= 0.3 is 0 Å². The Balaban J connectivity index is 1.86. The molecule has 0 aliphatic carbocycles. The van der Waals surface area contributed by atoms with E-state index in [4.69, 9.17) is 0 Å². The average Bonchev–Trinajstić information content (AvgIpc) is 2.12. The molecule has 82 valence electrons. The molecule has 4 heteroatoms. The van der Waals surface area contributed by atoms with Gasteiger partial charge in [0.25, 0.3) is 0 Å². The lowest BCUT2D eigenvalue weighted by Gasteiger charge is -2.41. The van der Waals surface area contributed by atoms with E-state index in [9.17, 15) is 0 Å². The smallest absolute Gasteiger partial charge is 0.147 e. The molecule has 1 aromatic rings. The summed E-state index contributed by atoms with van der Waals surface area (Å²) in [4.78, 5) is 10.8. The third-order valence-corrected chi connectivity index (χ3v) is 2.54. The van der Waals surface area contributed by atoms with Crippen LogP contribution in [0.4, 0.5) is 5.82 Å². The first-order chi connectivity index (χ1) is 7.15. The van der Waals surface area contributed by atoms with Crippen LogP contribution in [0.3, 0.4) is 0 Å². The second-order valence-electron chi connectivity index (χ2n) is 4.44. The zero-order valence-corrected chi connectivity index (χ0v) is 9.57. The van der Waals surface area contributed by atoms with Gasteiger partial charge in [-0.2, -0.15) is 0 Å². The lowest BCUT2D eigenvalue weighted by atomic mass is 10.1. The second-order valence-corrected chi connectivity index (χ2v) is 4.44. The van der Waals surface area contributed by atoms with Crippen LogP contribution in [0.5, 0.6) is 0 Å². The third-order valence-electron chi connectivity index (χ3n) is 2.54. The van der Waals surface area contributed by atoms with Crippen LogP contribution in [0, 0.1) is 6.92 Å². The van der Waals surface area contributed by atoms with Crippen LogP contribution in [0.15, 0.2) is 12.4 Å². The zero-order chi connectivity index (χ0) is 10.8. The molecule has 2 rings (SSSR count). The summed E-state index contributed by atoms with van der Waals surface area (Å²) in [6.45, 7) is 8.38. The first kappa shape index (κ1) is 10.4. The lowest BCUT2D eigenvalue weighted by Crippen LogP contribution is -2.59. The maximum Gasteiger partial charge on any atom is 0.147 e. The first-order valence-corrected chi connectivity index (χ1v) is 5.45. The quantitative estimate of drug-likeness (QED) is 0.800. The predicted octanol–water partition coefficient (Wildman–Crippen LogP) is 0.972. The Kier molecular flexibility index (Phi) is 2.86. The van der Waals surface area contributed by atoms with E-state index in [0.717, 1.165) is 24.6 Å². The van der Waals surface area contributed by atoms with Crippen LogP contribution in [0.2, 0.25) is 0 Å². The number of rotatable bonds is 3. The van der Waals surface area contributed by atoms with Gasteiger partial charge in [-0.1, -0.05) is 13.8 Å². The van der Waals surface area contributed by atoms with Crippen LogP contribution in [0.25, 0.3) is 0 Å². The summed E-state index contributed by atoms with van der Waals surface area (Å²) in [6, 6.07) is 1.16. The van der Waals surface area contributed by atoms with Crippen molar-refractivity contribution in [1.29, 1.82) is 0 Å². The number of hydrogen-bond acceptors (Lipinski definition) is 4. The average molecular weight is 206 g/mol. The van der Waals surface area contributed by atoms with Crippen molar-refractivity contribution in [3.05, 3.63) is 18.1 Å². The highest BCUT2D eigenvalue weighted by molar-refractivity contribution is 5.40. The molecule has 1 N–H and O–H groups in total. The van der Waals surface area contributed by atoms with Crippen molar-refractivity contribution in [3.8, 4) is 0 Å². The molecule has 0 atom stereocenters. The maximum atomic E-state index is 4.35. The molecule has 0 bridgehead atoms. The molecule has 1 fully saturated rings. The fraction of sp³-hybridized carbons (Fsp3) is 0.636. The van der Waals surface area contributed by atoms with Gasteiger partial charge in [0.15, 0.2) is 0 Å². The van der Waals surface area contributed by atoms with Gasteiger partial charge in [0.1, 0.15) is 5.82 Å². The van der Waals surface area contributed by atoms with E-state index >= 15 is 0 Å². The van der Waals surface area contributed by atoms with Gasteiger partial charge in [0.2, 0.25) is 0 Å². The second kappa shape index (κ2) is 4.14. The molecule has 1 aliphatic heterocycles. The standard InChI is InChI=1S/C11H18N4/c1-8(2)14-10-6-15(7-10)11-5-12-9(3)4-13-11/h4-5,8,10,14H,6-7H2,1-3H3. The first-order valence-electron chi connectivity index (χ1n) is 5.45. The van der Waals surface area contributed by atoms with E-state index in [2.05, 4.69) is 34.0 Å². The fourth-order valence-electron chi connectivity index (χ4n) is 1.79. The van der Waals surface area contributed by atoms with Crippen molar-refractivity contribution in [2.45, 2.75) is 32.9 Å². The molecule has 0 aromatic carbocycles. The van der Waals surface area contributed by atoms with E-state index in [1.165, 1.54) is 0 Å². The molecule has 1 aliphatic rings. The summed E-state index contributed by atoms with van der Waals surface area (Å²) in [6.07, 6.45) is 3.67. The zero-order valence-electron chi connectivity index (χ0n) is 9.57. The predicted molar refractivity (Wildman–Crippen MR) is 61.0 cm³/mol. The molecule has 0 amide bonds. The molecular weight excluding hydrogens is 188 g/mol. The minimum Gasteiger partial charge on any atom is -0.352 e. The van der Waals surface area contributed by atoms with Crippen molar-refractivity contribution >= 4 is 5.82 Å². The number of hydrogen-bond donors (Lipinski definition) is 1. The summed E-state index contributed by atoms with van der Waals surface area (Å²) in [5, 5.41) is 3.50. The minimum absolute atomic E-state index is 0.557. The SMILES string of the molecule is Cc1cnc(N2CC(NC(C)C)C2)cn1. The van der Waals surface area contributed by atoms with Crippen LogP contribution < -0.4 is 10.2 Å². The Labute approximate surface area is 90.7 Å². The molecule has 0 spiro atoms. The van der Waals surface area contributed by atoms with Crippen molar-refractivity contribution in [1.82, 2.24) is 15.3 Å². The van der Waals surface area contributed by atoms with Crippen molar-refractivity contribution in [2.75, 3.05) is 18.0 Å². The highest BCUT2D eigenvalue weighted by atomic mass is 15.3. The van der Waals surface area contributed by atoms with Gasteiger partial charge in [0.05, 0.1) is 18.1 Å². The number of anilines is 1. The van der Waals surface area contributed by atoms with Gasteiger partial charge in [-0.05, 0) is 6.92 Å². The Morgan fingerprint density at radius 3 is 2.60 bits per heavy atom. The highest BCUT2D eigenvalue weighted by Gasteiger charge is 2.27. The van der Waals surface area contributed by atoms with E-state index in [1.54, 1.807) is 0 Å². The van der Waals surface area contributed by atoms with Crippen LogP contribution in [0.1, 0.15) is 19.5 Å². The van der Waals surface area contributed by atoms with Crippen LogP contribution in [-0.2, 0) is 0 Å². The topological polar surface area (TPSA) is 41.1 Å². The van der Waals surface area contributed by atoms with Crippen LogP contribution in [-0.4, -0.2) is 35.1 Å². The molecule has 0 unspecified atom stereocenters. The van der Waals surface area contributed by atoms with Crippen molar-refractivity contribution < 1.29 is 0 Å². The number of nitrogens with one attached hydrogen (secondary N) is 1. The van der Waals surface area contributed by atoms with E-state index in [0.29, 0.717) is 12.1 Å². The Morgan fingerprint density at radius 1 is 1.33 bits per heavy atom. The normalized spacial score (nSPS) is 16.9. The van der Waals surface area contributed by atoms with Gasteiger partial charge < -0.3 is 10.2 Å². The number of aryl methyl sites for hydroxylation is 1. The molecule has 0 saturated carbocycles. The highest BCUT2D eigenvalue weighted by Crippen LogP contribution is 2.17. The van der Waals surface area contributed by atoms with E-state index in [-0.39, 0.29) is 0 Å². The van der Waals surface area contributed by atoms with Crippen molar-refractivity contribution in [2.24, 2.45) is 0 Å². The summed E-state index contributed by atoms with van der Waals surface area (Å²) in [5.74, 6) is 0.988. The Hall–Kier alpha value is -1.16. The van der Waals surface area contributed by atoms with E-state index < -0.39 is 0 Å². The monoisotopic (exact) mass is 206 g/mol. The molecule has 2 heterocycles. The summed E-state index contributed by atoms with van der Waals surface area (Å²) < 4.78 is 0. The van der Waals surface area contributed by atoms with Gasteiger partial charge in [-0.3, -0.25) is 4.98 Å². The lowest BCUT2D eigenvalue weighted by molar-refractivity contribution is 0.387. The minimum atomic E-state index is 0.557. The van der Waals surface area contributed by atoms with Crippen molar-refractivity contribution in [3.63, 3.8) is 0 Å².